The molecule has 1 aliphatic heterocycles. The summed E-state index contributed by atoms with van der Waals surface area (Å²) in [7, 11) is 1.71. The second kappa shape index (κ2) is 5.63. The predicted molar refractivity (Wildman–Crippen MR) is 69.2 cm³/mol. The number of nitrogens with two attached hydrogens (primary N) is 1. The molecule has 0 aromatic carbocycles. The quantitative estimate of drug-likeness (QED) is 0.881. The van der Waals surface area contributed by atoms with Crippen LogP contribution in [0.1, 0.15) is 37.7 Å². The normalized spacial score (nSPS) is 18.8. The Labute approximate surface area is 108 Å². The molecule has 1 aromatic heterocycles. The van der Waals surface area contributed by atoms with Crippen molar-refractivity contribution >= 4 is 5.82 Å². The van der Waals surface area contributed by atoms with Crippen LogP contribution in [0, 0.1) is 0 Å². The molecule has 2 N–H and O–H groups in total. The molecule has 0 atom stereocenters. The highest BCUT2D eigenvalue weighted by molar-refractivity contribution is 5.31. The van der Waals surface area contributed by atoms with E-state index in [4.69, 9.17) is 15.2 Å². The number of hydrogen-bond donors (Lipinski definition) is 1. The lowest BCUT2D eigenvalue weighted by atomic mass is 9.93. The van der Waals surface area contributed by atoms with Gasteiger partial charge in [0.05, 0.1) is 0 Å². The number of aromatic nitrogens is 2. The van der Waals surface area contributed by atoms with Gasteiger partial charge in [-0.2, -0.15) is 0 Å². The van der Waals surface area contributed by atoms with Crippen LogP contribution in [-0.2, 0) is 21.5 Å². The molecule has 0 unspecified atom stereocenters. The zero-order valence-electron chi connectivity index (χ0n) is 11.1. The van der Waals surface area contributed by atoms with Crippen molar-refractivity contribution in [3.63, 3.8) is 0 Å². The molecule has 2 rings (SSSR count). The van der Waals surface area contributed by atoms with E-state index < -0.39 is 5.60 Å². The number of nitrogens with zero attached hydrogens (tertiary/aromatic N) is 2. The monoisotopic (exact) mass is 251 g/mol. The Hall–Kier alpha value is -1.20. The number of rotatable bonds is 4. The van der Waals surface area contributed by atoms with E-state index >= 15 is 0 Å². The Morgan fingerprint density at radius 3 is 2.72 bits per heavy atom. The Balaban J connectivity index is 2.34. The smallest absolute Gasteiger partial charge is 0.163 e. The Morgan fingerprint density at radius 2 is 2.11 bits per heavy atom. The van der Waals surface area contributed by atoms with Crippen LogP contribution in [0.15, 0.2) is 6.07 Å². The van der Waals surface area contributed by atoms with E-state index in [1.807, 2.05) is 6.07 Å². The fourth-order valence-electron chi connectivity index (χ4n) is 2.33. The number of hydrogen-bond acceptors (Lipinski definition) is 5. The van der Waals surface area contributed by atoms with Crippen molar-refractivity contribution in [1.29, 1.82) is 0 Å². The molecule has 5 heteroatoms. The third kappa shape index (κ3) is 2.62. The summed E-state index contributed by atoms with van der Waals surface area (Å²) in [5.41, 5.74) is 6.43. The molecule has 2 heterocycles. The first-order valence-corrected chi connectivity index (χ1v) is 6.47. The van der Waals surface area contributed by atoms with Crippen LogP contribution in [0.5, 0.6) is 0 Å². The van der Waals surface area contributed by atoms with Crippen LogP contribution in [-0.4, -0.2) is 30.3 Å². The largest absolute Gasteiger partial charge is 0.384 e. The van der Waals surface area contributed by atoms with E-state index in [2.05, 4.69) is 16.9 Å². The summed E-state index contributed by atoms with van der Waals surface area (Å²) < 4.78 is 11.1. The maximum Gasteiger partial charge on any atom is 0.163 e. The van der Waals surface area contributed by atoms with Crippen molar-refractivity contribution in [3.05, 3.63) is 17.6 Å². The molecular weight excluding hydrogens is 230 g/mol. The molecule has 1 aliphatic rings. The molecule has 100 valence electrons. The highest BCUT2D eigenvalue weighted by Gasteiger charge is 2.37. The molecule has 18 heavy (non-hydrogen) atoms. The van der Waals surface area contributed by atoms with E-state index in [0.29, 0.717) is 24.9 Å². The van der Waals surface area contributed by atoms with Crippen LogP contribution in [0.4, 0.5) is 5.82 Å². The molecule has 0 saturated carbocycles. The van der Waals surface area contributed by atoms with Gasteiger partial charge in [0.2, 0.25) is 0 Å². The summed E-state index contributed by atoms with van der Waals surface area (Å²) in [4.78, 5) is 8.99. The minimum absolute atomic E-state index is 0.434. The van der Waals surface area contributed by atoms with Gasteiger partial charge in [0.1, 0.15) is 11.4 Å². The third-order valence-electron chi connectivity index (χ3n) is 3.40. The van der Waals surface area contributed by atoms with Gasteiger partial charge in [-0.3, -0.25) is 0 Å². The molecule has 0 radical (unpaired) electrons. The molecule has 1 saturated heterocycles. The van der Waals surface area contributed by atoms with Crippen molar-refractivity contribution in [3.8, 4) is 0 Å². The van der Waals surface area contributed by atoms with Gasteiger partial charge < -0.3 is 15.2 Å². The summed E-state index contributed by atoms with van der Waals surface area (Å²) in [6, 6.07) is 1.84. The zero-order valence-corrected chi connectivity index (χ0v) is 11.1. The zero-order chi connectivity index (χ0) is 13.0. The minimum Gasteiger partial charge on any atom is -0.384 e. The summed E-state index contributed by atoms with van der Waals surface area (Å²) in [5, 5.41) is 0. The lowest BCUT2D eigenvalue weighted by Crippen LogP contribution is -2.37. The SMILES string of the molecule is CCCc1cc(N)nc(C2(OC)CCOCC2)n1. The molecular formula is C13H21N3O2. The molecule has 1 aromatic rings. The van der Waals surface area contributed by atoms with E-state index in [1.165, 1.54) is 0 Å². The topological polar surface area (TPSA) is 70.3 Å². The van der Waals surface area contributed by atoms with Gasteiger partial charge in [-0.25, -0.2) is 9.97 Å². The Morgan fingerprint density at radius 1 is 1.39 bits per heavy atom. The summed E-state index contributed by atoms with van der Waals surface area (Å²) in [6.45, 7) is 3.47. The van der Waals surface area contributed by atoms with Crippen molar-refractivity contribution in [1.82, 2.24) is 9.97 Å². The molecule has 1 fully saturated rings. The van der Waals surface area contributed by atoms with Gasteiger partial charge in [-0.15, -0.1) is 0 Å². The van der Waals surface area contributed by atoms with E-state index in [9.17, 15) is 0 Å². The lowest BCUT2D eigenvalue weighted by molar-refractivity contribution is -0.1000. The summed E-state index contributed by atoms with van der Waals surface area (Å²) in [6.07, 6.45) is 3.51. The average Bonchev–Trinajstić information content (AvgIpc) is 2.39. The Kier molecular flexibility index (Phi) is 4.14. The molecule has 0 aliphatic carbocycles. The van der Waals surface area contributed by atoms with Gasteiger partial charge in [-0.1, -0.05) is 13.3 Å². The number of methoxy groups -OCH3 is 1. The molecule has 0 amide bonds. The van der Waals surface area contributed by atoms with Gasteiger partial charge in [0.25, 0.3) is 0 Å². The molecule has 0 bridgehead atoms. The second-order valence-corrected chi connectivity index (χ2v) is 4.67. The van der Waals surface area contributed by atoms with Crippen LogP contribution in [0.3, 0.4) is 0 Å². The summed E-state index contributed by atoms with van der Waals surface area (Å²) >= 11 is 0. The number of aryl methyl sites for hydroxylation is 1. The first-order chi connectivity index (χ1) is 8.70. The van der Waals surface area contributed by atoms with Crippen molar-refractivity contribution in [2.24, 2.45) is 0 Å². The van der Waals surface area contributed by atoms with Crippen molar-refractivity contribution < 1.29 is 9.47 Å². The third-order valence-corrected chi connectivity index (χ3v) is 3.40. The van der Waals surface area contributed by atoms with Crippen LogP contribution in [0.2, 0.25) is 0 Å². The number of ether oxygens (including phenoxy) is 2. The lowest BCUT2D eigenvalue weighted by Gasteiger charge is -2.34. The van der Waals surface area contributed by atoms with Gasteiger partial charge >= 0.3 is 0 Å². The van der Waals surface area contributed by atoms with E-state index in [0.717, 1.165) is 31.4 Å². The fraction of sp³-hybridized carbons (Fsp3) is 0.692. The predicted octanol–water partition coefficient (Wildman–Crippen LogP) is 1.66. The number of nitrogen functional groups attached to an aromatic ring is 1. The summed E-state index contributed by atoms with van der Waals surface area (Å²) in [5.74, 6) is 1.23. The van der Waals surface area contributed by atoms with Gasteiger partial charge in [0, 0.05) is 44.9 Å². The van der Waals surface area contributed by atoms with Crippen molar-refractivity contribution in [2.45, 2.75) is 38.2 Å². The van der Waals surface area contributed by atoms with Gasteiger partial charge in [-0.05, 0) is 6.42 Å². The number of anilines is 1. The van der Waals surface area contributed by atoms with Crippen molar-refractivity contribution in [2.75, 3.05) is 26.1 Å². The maximum absolute atomic E-state index is 5.87. The fourth-order valence-corrected chi connectivity index (χ4v) is 2.33. The van der Waals surface area contributed by atoms with Crippen LogP contribution >= 0.6 is 0 Å². The van der Waals surface area contributed by atoms with Gasteiger partial charge in [0.15, 0.2) is 5.82 Å². The minimum atomic E-state index is -0.434. The second-order valence-electron chi connectivity index (χ2n) is 4.67. The first-order valence-electron chi connectivity index (χ1n) is 6.47. The Bertz CT molecular complexity index is 403. The molecule has 5 nitrogen and oxygen atoms in total. The highest BCUT2D eigenvalue weighted by Crippen LogP contribution is 2.33. The van der Waals surface area contributed by atoms with E-state index in [-0.39, 0.29) is 0 Å². The first kappa shape index (κ1) is 13.2. The highest BCUT2D eigenvalue weighted by atomic mass is 16.5. The van der Waals surface area contributed by atoms with Crippen LogP contribution < -0.4 is 5.73 Å². The standard InChI is InChI=1S/C13H21N3O2/c1-3-4-10-9-11(14)16-12(15-10)13(17-2)5-7-18-8-6-13/h9H,3-8H2,1-2H3,(H2,14,15,16). The van der Waals surface area contributed by atoms with Crippen LogP contribution in [0.25, 0.3) is 0 Å². The maximum atomic E-state index is 5.87. The average molecular weight is 251 g/mol. The molecule has 0 spiro atoms. The van der Waals surface area contributed by atoms with E-state index in [1.54, 1.807) is 7.11 Å².